The van der Waals surface area contributed by atoms with E-state index in [1.165, 1.54) is 6.92 Å². The van der Waals surface area contributed by atoms with Crippen LogP contribution in [-0.2, 0) is 18.9 Å². The maximum Gasteiger partial charge on any atom is 0.316 e. The van der Waals surface area contributed by atoms with Crippen molar-refractivity contribution in [2.45, 2.75) is 153 Å². The van der Waals surface area contributed by atoms with Crippen molar-refractivity contribution in [3.05, 3.63) is 0 Å². The van der Waals surface area contributed by atoms with Gasteiger partial charge in [-0.1, -0.05) is 51.4 Å². The van der Waals surface area contributed by atoms with E-state index in [-0.39, 0.29) is 30.1 Å². The van der Waals surface area contributed by atoms with Gasteiger partial charge in [0.25, 0.3) is 0 Å². The zero-order valence-corrected chi connectivity index (χ0v) is 26.3. The van der Waals surface area contributed by atoms with E-state index in [1.54, 1.807) is 4.90 Å². The first-order valence-electron chi connectivity index (χ1n) is 16.5. The minimum atomic E-state index is -0.727. The topological polar surface area (TPSA) is 131 Å². The van der Waals surface area contributed by atoms with E-state index >= 15 is 0 Å². The van der Waals surface area contributed by atoms with Crippen molar-refractivity contribution in [2.24, 2.45) is 11.8 Å². The summed E-state index contributed by atoms with van der Waals surface area (Å²) in [4.78, 5) is 55.1. The molecular formula is C32H55N4O6+. The third kappa shape index (κ3) is 8.68. The zero-order valence-electron chi connectivity index (χ0n) is 26.3. The quantitative estimate of drug-likeness (QED) is 0.158. The van der Waals surface area contributed by atoms with Gasteiger partial charge in [0, 0.05) is 27.3 Å². The number of nitrogens with zero attached hydrogens (tertiary/aromatic N) is 1. The summed E-state index contributed by atoms with van der Waals surface area (Å²) >= 11 is 0. The average Bonchev–Trinajstić information content (AvgIpc) is 3.62. The van der Waals surface area contributed by atoms with Crippen LogP contribution < -0.4 is 16.0 Å². The SMILES string of the molecule is CC(=O)C(CC1CC1)NC(=O)C1CCCN1C(=O)C(NC(=O)NC1(C[O+](O)C(C)(C)C)CCCCC1)C1CCCCC1. The van der Waals surface area contributed by atoms with Crippen molar-refractivity contribution in [1.29, 1.82) is 0 Å². The highest BCUT2D eigenvalue weighted by Gasteiger charge is 2.45. The number of hydrogen-bond acceptors (Lipinski definition) is 5. The predicted octanol–water partition coefficient (Wildman–Crippen LogP) is 4.63. The van der Waals surface area contributed by atoms with Crippen LogP contribution in [0.1, 0.15) is 124 Å². The van der Waals surface area contributed by atoms with Crippen LogP contribution in [0.4, 0.5) is 4.79 Å². The number of carbonyl (C=O) groups is 4. The molecule has 1 heterocycles. The van der Waals surface area contributed by atoms with Gasteiger partial charge in [-0.05, 0) is 63.7 Å². The Bertz CT molecular complexity index is 965. The van der Waals surface area contributed by atoms with Crippen LogP contribution in [0.25, 0.3) is 0 Å². The van der Waals surface area contributed by atoms with Gasteiger partial charge in [-0.2, -0.15) is 0 Å². The highest BCUT2D eigenvalue weighted by atomic mass is 17.2. The lowest BCUT2D eigenvalue weighted by atomic mass is 9.82. The molecule has 0 aromatic rings. The Hall–Kier alpha value is -2.20. The van der Waals surface area contributed by atoms with E-state index in [2.05, 4.69) is 20.5 Å². The first-order valence-corrected chi connectivity index (χ1v) is 16.5. The van der Waals surface area contributed by atoms with Gasteiger partial charge in [-0.15, -0.1) is 5.26 Å². The lowest BCUT2D eigenvalue weighted by Gasteiger charge is -2.40. The van der Waals surface area contributed by atoms with Crippen molar-refractivity contribution in [3.8, 4) is 0 Å². The van der Waals surface area contributed by atoms with Gasteiger partial charge in [0.2, 0.25) is 18.4 Å². The van der Waals surface area contributed by atoms with Gasteiger partial charge in [-0.25, -0.2) is 9.31 Å². The van der Waals surface area contributed by atoms with Gasteiger partial charge in [-0.3, -0.25) is 14.4 Å². The predicted molar refractivity (Wildman–Crippen MR) is 161 cm³/mol. The molecular weight excluding hydrogens is 536 g/mol. The molecule has 1 aliphatic heterocycles. The number of rotatable bonds is 11. The van der Waals surface area contributed by atoms with Gasteiger partial charge in [0.1, 0.15) is 17.6 Å². The van der Waals surface area contributed by atoms with E-state index in [1.807, 2.05) is 20.8 Å². The number of amides is 4. The Labute approximate surface area is 251 Å². The molecule has 0 bridgehead atoms. The molecule has 1 saturated heterocycles. The molecule has 10 heteroatoms. The molecule has 0 spiro atoms. The molecule has 3 atom stereocenters. The second-order valence-corrected chi connectivity index (χ2v) is 14.5. The highest BCUT2D eigenvalue weighted by Crippen LogP contribution is 2.35. The lowest BCUT2D eigenvalue weighted by Crippen LogP contribution is -2.62. The summed E-state index contributed by atoms with van der Waals surface area (Å²) in [5.74, 6) is -0.0289. The molecule has 4 fully saturated rings. The van der Waals surface area contributed by atoms with E-state index in [9.17, 15) is 24.4 Å². The molecule has 0 aromatic carbocycles. The summed E-state index contributed by atoms with van der Waals surface area (Å²) in [6.45, 7) is 7.92. The summed E-state index contributed by atoms with van der Waals surface area (Å²) in [5.41, 5.74) is -1.16. The van der Waals surface area contributed by atoms with Crippen molar-refractivity contribution >= 4 is 23.6 Å². The molecule has 3 aliphatic carbocycles. The number of nitrogens with one attached hydrogen (secondary N) is 3. The van der Waals surface area contributed by atoms with Crippen molar-refractivity contribution in [3.63, 3.8) is 0 Å². The van der Waals surface area contributed by atoms with Crippen LogP contribution in [0.3, 0.4) is 0 Å². The molecule has 3 saturated carbocycles. The minimum absolute atomic E-state index is 0.00161. The number of hydrogen-bond donors (Lipinski definition) is 4. The first kappa shape index (κ1) is 32.7. The van der Waals surface area contributed by atoms with E-state index in [0.29, 0.717) is 31.7 Å². The van der Waals surface area contributed by atoms with Crippen molar-refractivity contribution in [2.75, 3.05) is 13.2 Å². The molecule has 238 valence electrons. The van der Waals surface area contributed by atoms with Crippen molar-refractivity contribution < 1.29 is 29.0 Å². The number of urea groups is 1. The highest BCUT2D eigenvalue weighted by molar-refractivity contribution is 5.94. The standard InChI is InChI=1S/C32H54N4O6/c1-22(37)25(20-23-15-16-23)33-28(38)26-14-11-19-36(26)29(39)27(24-12-7-5-8-13-24)34-30(40)35-32(17-9-6-10-18-32)21-42(41)31(2,3)4/h23-27,41H,5-21H2,1-4H3,(H2-,33,34,35,38,40)/p+1. The Balaban J connectivity index is 1.47. The van der Waals surface area contributed by atoms with Crippen LogP contribution in [0, 0.1) is 11.8 Å². The van der Waals surface area contributed by atoms with Crippen molar-refractivity contribution in [1.82, 2.24) is 20.9 Å². The number of Topliss-reactive ketones (excluding diaryl/α,β-unsaturated/α-hetero) is 1. The smallest absolute Gasteiger partial charge is 0.316 e. The van der Waals surface area contributed by atoms with Crippen LogP contribution in [-0.4, -0.2) is 76.2 Å². The third-order valence-corrected chi connectivity index (χ3v) is 9.89. The number of likely N-dealkylation sites (tertiary alicyclic amines) is 1. The molecule has 42 heavy (non-hydrogen) atoms. The summed E-state index contributed by atoms with van der Waals surface area (Å²) in [6.07, 6.45) is 13.4. The van der Waals surface area contributed by atoms with Gasteiger partial charge in [0.15, 0.2) is 11.4 Å². The molecule has 4 N–H and O–H groups in total. The van der Waals surface area contributed by atoms with E-state index in [0.717, 1.165) is 77.0 Å². The zero-order chi connectivity index (χ0) is 30.5. The summed E-state index contributed by atoms with van der Waals surface area (Å²) in [5, 5.41) is 19.9. The van der Waals surface area contributed by atoms with Gasteiger partial charge in [0.05, 0.1) is 6.04 Å². The number of carbonyl (C=O) groups excluding carboxylic acids is 4. The lowest BCUT2D eigenvalue weighted by molar-refractivity contribution is -0.489. The monoisotopic (exact) mass is 591 g/mol. The van der Waals surface area contributed by atoms with Crippen LogP contribution in [0.15, 0.2) is 0 Å². The largest absolute Gasteiger partial charge is 0.345 e. The molecule has 4 amide bonds. The molecule has 4 rings (SSSR count). The summed E-state index contributed by atoms with van der Waals surface area (Å²) in [6, 6.07) is -2.27. The van der Waals surface area contributed by atoms with Crippen LogP contribution >= 0.6 is 0 Å². The average molecular weight is 592 g/mol. The van der Waals surface area contributed by atoms with Crippen LogP contribution in [0.5, 0.6) is 0 Å². The maximum absolute atomic E-state index is 14.2. The fraction of sp³-hybridized carbons (Fsp3) is 0.875. The Morgan fingerprint density at radius 3 is 2.14 bits per heavy atom. The molecule has 10 nitrogen and oxygen atoms in total. The second-order valence-electron chi connectivity index (χ2n) is 14.5. The first-order chi connectivity index (χ1) is 19.9. The fourth-order valence-corrected chi connectivity index (χ4v) is 7.04. The normalized spacial score (nSPS) is 24.6. The summed E-state index contributed by atoms with van der Waals surface area (Å²) in [7, 11) is 0. The van der Waals surface area contributed by atoms with Gasteiger partial charge < -0.3 is 20.9 Å². The maximum atomic E-state index is 14.2. The second kappa shape index (κ2) is 14.1. The van der Waals surface area contributed by atoms with E-state index < -0.39 is 35.3 Å². The van der Waals surface area contributed by atoms with Crippen LogP contribution in [0.2, 0.25) is 0 Å². The summed E-state index contributed by atoms with van der Waals surface area (Å²) < 4.78 is 2.25. The molecule has 0 radical (unpaired) electrons. The molecule has 4 aliphatic rings. The number of ketones is 1. The Kier molecular flexibility index (Phi) is 10.9. The van der Waals surface area contributed by atoms with E-state index in [4.69, 9.17) is 0 Å². The van der Waals surface area contributed by atoms with Gasteiger partial charge >= 0.3 is 6.03 Å². The molecule has 3 unspecified atom stereocenters. The Morgan fingerprint density at radius 1 is 0.905 bits per heavy atom. The fourth-order valence-electron chi connectivity index (χ4n) is 7.04. The Morgan fingerprint density at radius 2 is 1.55 bits per heavy atom. The molecule has 0 aromatic heterocycles. The minimum Gasteiger partial charge on any atom is -0.345 e. The third-order valence-electron chi connectivity index (χ3n) is 9.89.